The van der Waals surface area contributed by atoms with Crippen molar-refractivity contribution in [2.45, 2.75) is 45.6 Å². The normalized spacial score (nSPS) is 23.8. The minimum atomic E-state index is -3.86. The number of carbonyl (C=O) groups excluding carboxylic acids is 1. The van der Waals surface area contributed by atoms with Gasteiger partial charge in [-0.15, -0.1) is 0 Å². The highest BCUT2D eigenvalue weighted by Crippen LogP contribution is 2.32. The molecule has 1 N–H and O–H groups in total. The topological polar surface area (TPSA) is 83.9 Å². The highest BCUT2D eigenvalue weighted by Gasteiger charge is 2.42. The molecule has 1 aliphatic heterocycles. The summed E-state index contributed by atoms with van der Waals surface area (Å²) in [6.45, 7) is 5.35. The minimum Gasteiger partial charge on any atom is -0.392 e. The van der Waals surface area contributed by atoms with Crippen LogP contribution in [0, 0.1) is 0 Å². The van der Waals surface area contributed by atoms with E-state index >= 15 is 0 Å². The standard InChI is InChI=1S/C11H20NO5PS2/c1-4-10(17-5-2)18(19)11-6-9(14)12(7-8(3)13)20(11,15)16/h8,10,13H,4-7H2,1-3H3. The van der Waals surface area contributed by atoms with Gasteiger partial charge in [-0.05, 0) is 26.6 Å². The van der Waals surface area contributed by atoms with Crippen LogP contribution in [0.4, 0.5) is 0 Å². The Labute approximate surface area is 125 Å². The van der Waals surface area contributed by atoms with Gasteiger partial charge >= 0.3 is 0 Å². The first kappa shape index (κ1) is 17.8. The molecule has 20 heavy (non-hydrogen) atoms. The molecule has 0 bridgehead atoms. The third-order valence-electron chi connectivity index (χ3n) is 2.81. The number of nitrogens with zero attached hydrogens (tertiary/aromatic N) is 1. The highest BCUT2D eigenvalue weighted by atomic mass is 32.4. The summed E-state index contributed by atoms with van der Waals surface area (Å²) in [6.07, 6.45) is -1.96. The lowest BCUT2D eigenvalue weighted by molar-refractivity contribution is -0.125. The van der Waals surface area contributed by atoms with Crippen LogP contribution in [0.2, 0.25) is 0 Å². The number of aliphatic hydroxyl groups excluding tert-OH is 1. The maximum absolute atomic E-state index is 12.4. The van der Waals surface area contributed by atoms with Crippen molar-refractivity contribution in [1.29, 1.82) is 0 Å². The quantitative estimate of drug-likeness (QED) is 0.719. The molecule has 0 saturated carbocycles. The second-order valence-electron chi connectivity index (χ2n) is 4.49. The number of sulfonamides is 1. The summed E-state index contributed by atoms with van der Waals surface area (Å²) in [5.41, 5.74) is 0. The van der Waals surface area contributed by atoms with Crippen LogP contribution in [-0.2, 0) is 31.4 Å². The Bertz CT molecular complexity index is 551. The Hall–Kier alpha value is -0.270. The molecular formula is C11H20NO5PS2. The van der Waals surface area contributed by atoms with E-state index in [9.17, 15) is 18.3 Å². The van der Waals surface area contributed by atoms with Crippen molar-refractivity contribution in [3.05, 3.63) is 0 Å². The molecule has 3 unspecified atom stereocenters. The zero-order chi connectivity index (χ0) is 15.5. The predicted octanol–water partition coefficient (Wildman–Crippen LogP) is 0.776. The number of aliphatic hydroxyl groups is 1. The van der Waals surface area contributed by atoms with Crippen LogP contribution in [0.1, 0.15) is 33.6 Å². The van der Waals surface area contributed by atoms with Gasteiger partial charge in [0.15, 0.2) is 0 Å². The Morgan fingerprint density at radius 3 is 2.55 bits per heavy atom. The van der Waals surface area contributed by atoms with E-state index in [2.05, 4.69) is 0 Å². The van der Waals surface area contributed by atoms with Gasteiger partial charge in [-0.25, -0.2) is 12.7 Å². The maximum Gasteiger partial charge on any atom is 0.267 e. The Morgan fingerprint density at radius 2 is 2.10 bits per heavy atom. The smallest absolute Gasteiger partial charge is 0.267 e. The largest absolute Gasteiger partial charge is 0.392 e. The van der Waals surface area contributed by atoms with E-state index in [-0.39, 0.29) is 23.4 Å². The summed E-state index contributed by atoms with van der Waals surface area (Å²) in [5, 5.41) is 9.31. The fraction of sp³-hybridized carbons (Fsp3) is 0.818. The molecule has 0 aromatic heterocycles. The van der Waals surface area contributed by atoms with Crippen molar-refractivity contribution in [3.8, 4) is 0 Å². The lowest BCUT2D eigenvalue weighted by Gasteiger charge is -2.17. The average molecular weight is 341 g/mol. The lowest BCUT2D eigenvalue weighted by Crippen LogP contribution is -2.36. The van der Waals surface area contributed by atoms with Gasteiger partial charge in [0.05, 0.1) is 19.1 Å². The Morgan fingerprint density at radius 1 is 1.50 bits per heavy atom. The number of amides is 1. The molecule has 0 radical (unpaired) electrons. The van der Waals surface area contributed by atoms with Gasteiger partial charge in [-0.3, -0.25) is 4.79 Å². The van der Waals surface area contributed by atoms with Gasteiger partial charge in [0.2, 0.25) is 5.91 Å². The van der Waals surface area contributed by atoms with Crippen molar-refractivity contribution >= 4 is 38.7 Å². The molecular weight excluding hydrogens is 321 g/mol. The van der Waals surface area contributed by atoms with Gasteiger partial charge in [-0.1, -0.05) is 18.7 Å². The first-order valence-electron chi connectivity index (χ1n) is 6.43. The first-order chi connectivity index (χ1) is 9.25. The first-order valence-corrected chi connectivity index (χ1v) is 10.3. The van der Waals surface area contributed by atoms with Crippen molar-refractivity contribution in [3.63, 3.8) is 0 Å². The van der Waals surface area contributed by atoms with Crippen LogP contribution in [-0.4, -0.2) is 53.5 Å². The van der Waals surface area contributed by atoms with E-state index in [1.54, 1.807) is 0 Å². The second-order valence-corrected chi connectivity index (χ2v) is 9.63. The SMILES string of the molecule is CCOC(CC)/P(=S)=C1\CC(=O)N(CC(C)O)S1(=O)=O. The second kappa shape index (κ2) is 7.13. The molecule has 1 aliphatic rings. The zero-order valence-electron chi connectivity index (χ0n) is 11.8. The van der Waals surface area contributed by atoms with E-state index in [0.29, 0.717) is 13.0 Å². The summed E-state index contributed by atoms with van der Waals surface area (Å²) >= 11 is 5.33. The molecule has 1 fully saturated rings. The van der Waals surface area contributed by atoms with E-state index < -0.39 is 28.4 Å². The molecule has 1 amide bonds. The van der Waals surface area contributed by atoms with Crippen LogP contribution >= 0.6 is 6.32 Å². The molecule has 0 aromatic carbocycles. The van der Waals surface area contributed by atoms with Crippen molar-refractivity contribution in [2.24, 2.45) is 0 Å². The number of β-amino-alcohol motifs (C(OH)–C–C–N with tert-alkyl or cyclic N) is 1. The number of carbonyl (C=O) groups is 1. The molecule has 0 spiro atoms. The van der Waals surface area contributed by atoms with E-state index in [1.807, 2.05) is 13.8 Å². The molecule has 1 saturated heterocycles. The third-order valence-corrected chi connectivity index (χ3v) is 9.17. The third kappa shape index (κ3) is 3.68. The van der Waals surface area contributed by atoms with Crippen LogP contribution in [0.25, 0.3) is 0 Å². The van der Waals surface area contributed by atoms with Crippen LogP contribution in [0.5, 0.6) is 0 Å². The van der Waals surface area contributed by atoms with Crippen molar-refractivity contribution in [2.75, 3.05) is 13.2 Å². The molecule has 3 atom stereocenters. The van der Waals surface area contributed by atoms with Crippen LogP contribution in [0.15, 0.2) is 0 Å². The van der Waals surface area contributed by atoms with Gasteiger partial charge in [0.25, 0.3) is 10.0 Å². The number of rotatable bonds is 6. The van der Waals surface area contributed by atoms with Gasteiger partial charge in [0.1, 0.15) is 10.5 Å². The number of hydrogen-bond acceptors (Lipinski definition) is 6. The van der Waals surface area contributed by atoms with Gasteiger partial charge in [-0.2, -0.15) is 0 Å². The molecule has 6 nitrogen and oxygen atoms in total. The molecule has 0 aromatic rings. The van der Waals surface area contributed by atoms with E-state index in [1.165, 1.54) is 6.92 Å². The highest BCUT2D eigenvalue weighted by molar-refractivity contribution is 8.20. The molecule has 9 heteroatoms. The number of ether oxygens (including phenoxy) is 1. The minimum absolute atomic E-state index is 0.0773. The maximum atomic E-state index is 12.4. The summed E-state index contributed by atoms with van der Waals surface area (Å²) in [5.74, 6) is -0.862. The Kier molecular flexibility index (Phi) is 6.34. The molecule has 1 heterocycles. The predicted molar refractivity (Wildman–Crippen MR) is 81.9 cm³/mol. The fourth-order valence-corrected chi connectivity index (χ4v) is 7.67. The zero-order valence-corrected chi connectivity index (χ0v) is 14.3. The monoisotopic (exact) mass is 341 g/mol. The van der Waals surface area contributed by atoms with Crippen LogP contribution in [0.3, 0.4) is 0 Å². The number of hydrogen-bond donors (Lipinski definition) is 1. The Balaban J connectivity index is 3.21. The van der Waals surface area contributed by atoms with Crippen LogP contribution < -0.4 is 0 Å². The van der Waals surface area contributed by atoms with E-state index in [4.69, 9.17) is 16.5 Å². The summed E-state index contributed by atoms with van der Waals surface area (Å²) < 4.78 is 31.0. The average Bonchev–Trinajstić information content (AvgIpc) is 2.58. The van der Waals surface area contributed by atoms with Gasteiger partial charge in [0, 0.05) is 6.61 Å². The summed E-state index contributed by atoms with van der Waals surface area (Å²) in [4.78, 5) is 11.8. The van der Waals surface area contributed by atoms with Crippen molar-refractivity contribution < 1.29 is 23.1 Å². The summed E-state index contributed by atoms with van der Waals surface area (Å²) in [6, 6.07) is 0. The lowest BCUT2D eigenvalue weighted by atomic mass is 10.4. The van der Waals surface area contributed by atoms with Crippen molar-refractivity contribution in [1.82, 2.24) is 4.31 Å². The van der Waals surface area contributed by atoms with E-state index in [0.717, 1.165) is 4.31 Å². The fourth-order valence-electron chi connectivity index (χ4n) is 1.91. The van der Waals surface area contributed by atoms with Gasteiger partial charge < -0.3 is 9.84 Å². The molecule has 1 rings (SSSR count). The molecule has 116 valence electrons. The summed E-state index contributed by atoms with van der Waals surface area (Å²) in [7, 11) is -3.86. The molecule has 0 aliphatic carbocycles.